The minimum Gasteiger partial charge on any atom is -0.268 e. The highest BCUT2D eigenvalue weighted by molar-refractivity contribution is 6.01. The molecule has 18 heavy (non-hydrogen) atoms. The number of aromatic nitrogens is 2. The Kier molecular flexibility index (Phi) is 2.45. The van der Waals surface area contributed by atoms with Crippen LogP contribution in [0.5, 0.6) is 0 Å². The molecule has 0 aliphatic carbocycles. The van der Waals surface area contributed by atoms with E-state index in [2.05, 4.69) is 4.98 Å². The molecule has 0 atom stereocenters. The van der Waals surface area contributed by atoms with Crippen molar-refractivity contribution in [2.75, 3.05) is 0 Å². The summed E-state index contributed by atoms with van der Waals surface area (Å²) in [4.78, 5) is 16.6. The van der Waals surface area contributed by atoms with Crippen molar-refractivity contribution >= 4 is 16.9 Å². The van der Waals surface area contributed by atoms with E-state index >= 15 is 0 Å². The van der Waals surface area contributed by atoms with Gasteiger partial charge in [0.2, 0.25) is 0 Å². The van der Waals surface area contributed by atoms with Gasteiger partial charge in [-0.15, -0.1) is 0 Å². The van der Waals surface area contributed by atoms with Crippen LogP contribution in [0.25, 0.3) is 11.0 Å². The first kappa shape index (κ1) is 10.7. The van der Waals surface area contributed by atoms with Crippen LogP contribution in [-0.2, 0) is 0 Å². The first-order valence-electron chi connectivity index (χ1n) is 5.79. The molecule has 3 nitrogen and oxygen atoms in total. The van der Waals surface area contributed by atoms with Crippen LogP contribution in [0.15, 0.2) is 54.9 Å². The smallest absolute Gasteiger partial charge is 0.263 e. The average molecular weight is 236 g/mol. The predicted molar refractivity (Wildman–Crippen MR) is 70.6 cm³/mol. The maximum absolute atomic E-state index is 12.4. The number of nitrogens with zero attached hydrogens (tertiary/aromatic N) is 2. The average Bonchev–Trinajstić information content (AvgIpc) is 2.82. The Morgan fingerprint density at radius 1 is 1.06 bits per heavy atom. The number of carbonyl (C=O) groups is 1. The fourth-order valence-electron chi connectivity index (χ4n) is 1.96. The summed E-state index contributed by atoms with van der Waals surface area (Å²) >= 11 is 0. The topological polar surface area (TPSA) is 34.9 Å². The Labute approximate surface area is 105 Å². The zero-order chi connectivity index (χ0) is 12.5. The molecule has 0 unspecified atom stereocenters. The summed E-state index contributed by atoms with van der Waals surface area (Å²) in [6, 6.07) is 15.2. The number of aryl methyl sites for hydroxylation is 1. The van der Waals surface area contributed by atoms with Crippen LogP contribution >= 0.6 is 0 Å². The van der Waals surface area contributed by atoms with E-state index < -0.39 is 0 Å². The van der Waals surface area contributed by atoms with Crippen LogP contribution < -0.4 is 0 Å². The molecule has 3 rings (SSSR count). The Bertz CT molecular complexity index is 711. The lowest BCUT2D eigenvalue weighted by molar-refractivity contribution is 0.0964. The monoisotopic (exact) mass is 236 g/mol. The molecule has 0 aliphatic heterocycles. The maximum atomic E-state index is 12.4. The van der Waals surface area contributed by atoms with E-state index in [1.165, 1.54) is 0 Å². The molecule has 0 N–H and O–H groups in total. The van der Waals surface area contributed by atoms with Crippen LogP contribution in [0.2, 0.25) is 0 Å². The van der Waals surface area contributed by atoms with Crippen molar-refractivity contribution in [1.29, 1.82) is 0 Å². The highest BCUT2D eigenvalue weighted by Gasteiger charge is 2.11. The van der Waals surface area contributed by atoms with Crippen molar-refractivity contribution in [2.24, 2.45) is 0 Å². The molecule has 0 aliphatic rings. The van der Waals surface area contributed by atoms with Gasteiger partial charge in [0.05, 0.1) is 11.0 Å². The molecule has 2 aromatic carbocycles. The summed E-state index contributed by atoms with van der Waals surface area (Å²) in [5.74, 6) is -0.0521. The third-order valence-corrected chi connectivity index (χ3v) is 2.97. The lowest BCUT2D eigenvalue weighted by Gasteiger charge is -2.03. The quantitative estimate of drug-likeness (QED) is 0.651. The molecular formula is C15H12N2O. The summed E-state index contributed by atoms with van der Waals surface area (Å²) in [6.45, 7) is 2.00. The van der Waals surface area contributed by atoms with Gasteiger partial charge < -0.3 is 0 Å². The van der Waals surface area contributed by atoms with E-state index in [0.29, 0.717) is 5.56 Å². The van der Waals surface area contributed by atoms with Gasteiger partial charge in [0.15, 0.2) is 0 Å². The predicted octanol–water partition coefficient (Wildman–Crippen LogP) is 3.03. The Hall–Kier alpha value is -2.42. The van der Waals surface area contributed by atoms with Gasteiger partial charge in [-0.05, 0) is 31.2 Å². The fraction of sp³-hybridized carbons (Fsp3) is 0.0667. The molecule has 0 saturated heterocycles. The number of rotatable bonds is 1. The fourth-order valence-corrected chi connectivity index (χ4v) is 1.96. The van der Waals surface area contributed by atoms with Crippen molar-refractivity contribution in [3.63, 3.8) is 0 Å². The Balaban J connectivity index is 2.09. The first-order valence-corrected chi connectivity index (χ1v) is 5.79. The minimum atomic E-state index is -0.0521. The summed E-state index contributed by atoms with van der Waals surface area (Å²) < 4.78 is 1.58. The van der Waals surface area contributed by atoms with Crippen molar-refractivity contribution in [2.45, 2.75) is 6.92 Å². The van der Waals surface area contributed by atoms with Gasteiger partial charge in [-0.3, -0.25) is 9.36 Å². The van der Waals surface area contributed by atoms with Crippen molar-refractivity contribution in [3.8, 4) is 0 Å². The van der Waals surface area contributed by atoms with E-state index in [4.69, 9.17) is 0 Å². The first-order chi connectivity index (χ1) is 8.75. The van der Waals surface area contributed by atoms with Gasteiger partial charge in [0.25, 0.3) is 5.91 Å². The number of carbonyl (C=O) groups excluding carboxylic acids is 1. The van der Waals surface area contributed by atoms with E-state index in [-0.39, 0.29) is 5.91 Å². The largest absolute Gasteiger partial charge is 0.268 e. The zero-order valence-corrected chi connectivity index (χ0v) is 10.00. The third kappa shape index (κ3) is 1.70. The summed E-state index contributed by atoms with van der Waals surface area (Å²) in [5.41, 5.74) is 3.48. The molecule has 0 bridgehead atoms. The lowest BCUT2D eigenvalue weighted by Crippen LogP contribution is -2.10. The number of imidazole rings is 1. The second kappa shape index (κ2) is 4.11. The van der Waals surface area contributed by atoms with E-state index in [1.807, 2.05) is 55.5 Å². The lowest BCUT2D eigenvalue weighted by atomic mass is 10.1. The SMILES string of the molecule is Cc1ccc(C(=O)n2cnc3ccccc32)cc1. The van der Waals surface area contributed by atoms with Crippen molar-refractivity contribution < 1.29 is 4.79 Å². The number of para-hydroxylation sites is 2. The molecule has 0 amide bonds. The van der Waals surface area contributed by atoms with Crippen molar-refractivity contribution in [1.82, 2.24) is 9.55 Å². The van der Waals surface area contributed by atoms with Crippen LogP contribution in [-0.4, -0.2) is 15.5 Å². The van der Waals surface area contributed by atoms with Crippen LogP contribution in [0.4, 0.5) is 0 Å². The summed E-state index contributed by atoms with van der Waals surface area (Å²) in [6.07, 6.45) is 1.58. The Morgan fingerprint density at radius 2 is 1.78 bits per heavy atom. The molecule has 0 fully saturated rings. The van der Waals surface area contributed by atoms with E-state index in [1.54, 1.807) is 10.9 Å². The van der Waals surface area contributed by atoms with Gasteiger partial charge in [-0.1, -0.05) is 29.8 Å². The molecule has 1 heterocycles. The van der Waals surface area contributed by atoms with Gasteiger partial charge in [0.1, 0.15) is 6.33 Å². The Morgan fingerprint density at radius 3 is 2.56 bits per heavy atom. The molecule has 3 heteroatoms. The second-order valence-corrected chi connectivity index (χ2v) is 4.27. The van der Waals surface area contributed by atoms with Crippen LogP contribution in [0.3, 0.4) is 0 Å². The number of fused-ring (bicyclic) bond motifs is 1. The van der Waals surface area contributed by atoms with Crippen LogP contribution in [0.1, 0.15) is 15.9 Å². The van der Waals surface area contributed by atoms with Crippen LogP contribution in [0, 0.1) is 6.92 Å². The molecule has 3 aromatic rings. The summed E-state index contributed by atoms with van der Waals surface area (Å²) in [5, 5.41) is 0. The highest BCUT2D eigenvalue weighted by atomic mass is 16.2. The highest BCUT2D eigenvalue weighted by Crippen LogP contribution is 2.14. The van der Waals surface area contributed by atoms with E-state index in [9.17, 15) is 4.79 Å². The summed E-state index contributed by atoms with van der Waals surface area (Å²) in [7, 11) is 0. The minimum absolute atomic E-state index is 0.0521. The van der Waals surface area contributed by atoms with E-state index in [0.717, 1.165) is 16.6 Å². The number of benzene rings is 2. The molecule has 0 spiro atoms. The maximum Gasteiger partial charge on any atom is 0.263 e. The zero-order valence-electron chi connectivity index (χ0n) is 10.00. The van der Waals surface area contributed by atoms with Gasteiger partial charge >= 0.3 is 0 Å². The molecule has 0 radical (unpaired) electrons. The molecule has 1 aromatic heterocycles. The number of hydrogen-bond acceptors (Lipinski definition) is 2. The number of hydrogen-bond donors (Lipinski definition) is 0. The van der Waals surface area contributed by atoms with Gasteiger partial charge in [-0.25, -0.2) is 4.98 Å². The third-order valence-electron chi connectivity index (χ3n) is 2.97. The standard InChI is InChI=1S/C15H12N2O/c1-11-6-8-12(9-7-11)15(18)17-10-16-13-4-2-3-5-14(13)17/h2-10H,1H3. The molecule has 88 valence electrons. The van der Waals surface area contributed by atoms with Crippen molar-refractivity contribution in [3.05, 3.63) is 66.0 Å². The molecule has 0 saturated carbocycles. The molecular weight excluding hydrogens is 224 g/mol. The normalized spacial score (nSPS) is 10.7. The van der Waals surface area contributed by atoms with Gasteiger partial charge in [-0.2, -0.15) is 0 Å². The van der Waals surface area contributed by atoms with Gasteiger partial charge in [0, 0.05) is 5.56 Å². The second-order valence-electron chi connectivity index (χ2n) is 4.27.